The smallest absolute Gasteiger partial charge is 0.150 e. The number of hydrogen-bond acceptors (Lipinski definition) is 6. The Morgan fingerprint density at radius 3 is 2.94 bits per heavy atom. The predicted molar refractivity (Wildman–Crippen MR) is 71.6 cm³/mol. The van der Waals surface area contributed by atoms with E-state index in [0.717, 1.165) is 26.0 Å². The number of fused-ring (bicyclic) bond motifs is 3. The molecule has 3 aromatic rings. The molecule has 0 saturated heterocycles. The average Bonchev–Trinajstić information content (AvgIpc) is 2.69. The first-order valence-corrected chi connectivity index (χ1v) is 6.21. The molecule has 0 aromatic carbocycles. The number of nitrogens with two attached hydrogens (primary N) is 1. The third kappa shape index (κ3) is 1.35. The van der Waals surface area contributed by atoms with E-state index in [9.17, 15) is 0 Å². The minimum Gasteiger partial charge on any atom is -0.383 e. The largest absolute Gasteiger partial charge is 0.383 e. The lowest BCUT2D eigenvalue weighted by Gasteiger charge is -2.02. The zero-order chi connectivity index (χ0) is 12.9. The van der Waals surface area contributed by atoms with Gasteiger partial charge in [0.2, 0.25) is 0 Å². The molecule has 18 heavy (non-hydrogen) atoms. The zero-order valence-electron chi connectivity index (χ0n) is 9.23. The Morgan fingerprint density at radius 2 is 2.22 bits per heavy atom. The van der Waals surface area contributed by atoms with Crippen molar-refractivity contribution in [1.29, 1.82) is 5.26 Å². The second-order valence-electron chi connectivity index (χ2n) is 3.73. The van der Waals surface area contributed by atoms with Gasteiger partial charge in [-0.15, -0.1) is 11.3 Å². The van der Waals surface area contributed by atoms with Crippen LogP contribution in [0, 0.1) is 18.3 Å². The molecule has 0 atom stereocenters. The maximum absolute atomic E-state index is 9.10. The van der Waals surface area contributed by atoms with Crippen LogP contribution in [0.2, 0.25) is 5.15 Å². The lowest BCUT2D eigenvalue weighted by atomic mass is 10.1. The highest BCUT2D eigenvalue weighted by atomic mass is 35.5. The maximum Gasteiger partial charge on any atom is 0.150 e. The molecule has 3 rings (SSSR count). The second-order valence-corrected chi connectivity index (χ2v) is 5.09. The van der Waals surface area contributed by atoms with Gasteiger partial charge in [-0.05, 0) is 12.5 Å². The second kappa shape index (κ2) is 3.77. The average molecular weight is 276 g/mol. The van der Waals surface area contributed by atoms with Crippen LogP contribution in [0.15, 0.2) is 6.33 Å². The number of thiophene rings is 1. The quantitative estimate of drug-likeness (QED) is 0.637. The molecule has 2 N–H and O–H groups in total. The van der Waals surface area contributed by atoms with Crippen LogP contribution in [0.25, 0.3) is 20.4 Å². The Balaban J connectivity index is 2.62. The van der Waals surface area contributed by atoms with Crippen molar-refractivity contribution in [2.75, 3.05) is 5.73 Å². The summed E-state index contributed by atoms with van der Waals surface area (Å²) in [5, 5.41) is 10.3. The number of pyridine rings is 1. The number of aryl methyl sites for hydroxylation is 1. The molecule has 3 aromatic heterocycles. The van der Waals surface area contributed by atoms with Gasteiger partial charge in [0.15, 0.2) is 0 Å². The first-order chi connectivity index (χ1) is 8.63. The summed E-state index contributed by atoms with van der Waals surface area (Å²) in [6.45, 7) is 1.83. The Morgan fingerprint density at radius 1 is 1.44 bits per heavy atom. The lowest BCUT2D eigenvalue weighted by molar-refractivity contribution is 1.23. The van der Waals surface area contributed by atoms with Crippen LogP contribution < -0.4 is 5.73 Å². The Bertz CT molecular complexity index is 833. The highest BCUT2D eigenvalue weighted by Crippen LogP contribution is 2.38. The van der Waals surface area contributed by atoms with Gasteiger partial charge in [-0.3, -0.25) is 0 Å². The van der Waals surface area contributed by atoms with Crippen molar-refractivity contribution in [2.24, 2.45) is 0 Å². The molecular formula is C11H6ClN5S. The summed E-state index contributed by atoms with van der Waals surface area (Å²) < 4.78 is 0.763. The van der Waals surface area contributed by atoms with E-state index in [1.54, 1.807) is 0 Å². The summed E-state index contributed by atoms with van der Waals surface area (Å²) in [4.78, 5) is 13.1. The van der Waals surface area contributed by atoms with E-state index < -0.39 is 0 Å². The standard InChI is InChI=1S/C11H6ClN5S/c1-4-5(2-13)10(14)17-11-6(4)7-8(18-11)9(12)16-3-15-7/h3H,1H3,(H2,14,17). The predicted octanol–water partition coefficient (Wildman–Crippen LogP) is 2.66. The highest BCUT2D eigenvalue weighted by molar-refractivity contribution is 7.26. The van der Waals surface area contributed by atoms with Crippen molar-refractivity contribution in [3.63, 3.8) is 0 Å². The van der Waals surface area contributed by atoms with Gasteiger partial charge >= 0.3 is 0 Å². The summed E-state index contributed by atoms with van der Waals surface area (Å²) in [5.41, 5.74) is 7.65. The number of hydrogen-bond donors (Lipinski definition) is 1. The number of nitrogens with zero attached hydrogens (tertiary/aromatic N) is 4. The van der Waals surface area contributed by atoms with Crippen LogP contribution in [-0.4, -0.2) is 15.0 Å². The van der Waals surface area contributed by atoms with Crippen molar-refractivity contribution >= 4 is 49.2 Å². The molecule has 7 heteroatoms. The molecule has 0 aliphatic rings. The van der Waals surface area contributed by atoms with Crippen LogP contribution in [0.3, 0.4) is 0 Å². The number of rotatable bonds is 0. The minimum atomic E-state index is 0.234. The van der Waals surface area contributed by atoms with E-state index in [-0.39, 0.29) is 5.82 Å². The van der Waals surface area contributed by atoms with Gasteiger partial charge in [-0.2, -0.15) is 5.26 Å². The van der Waals surface area contributed by atoms with Crippen LogP contribution in [0.4, 0.5) is 5.82 Å². The third-order valence-corrected chi connectivity index (χ3v) is 4.23. The fourth-order valence-electron chi connectivity index (χ4n) is 1.91. The van der Waals surface area contributed by atoms with E-state index >= 15 is 0 Å². The Labute approximate surface area is 111 Å². The minimum absolute atomic E-state index is 0.234. The molecule has 3 heterocycles. The van der Waals surface area contributed by atoms with Crippen LogP contribution >= 0.6 is 22.9 Å². The molecule has 0 radical (unpaired) electrons. The van der Waals surface area contributed by atoms with Crippen molar-refractivity contribution < 1.29 is 0 Å². The van der Waals surface area contributed by atoms with Gasteiger partial charge < -0.3 is 5.73 Å². The molecule has 0 spiro atoms. The van der Waals surface area contributed by atoms with Crippen molar-refractivity contribution in [3.05, 3.63) is 22.6 Å². The molecule has 88 valence electrons. The van der Waals surface area contributed by atoms with E-state index in [2.05, 4.69) is 21.0 Å². The fourth-order valence-corrected chi connectivity index (χ4v) is 3.24. The number of anilines is 1. The molecule has 0 aliphatic heterocycles. The van der Waals surface area contributed by atoms with Gasteiger partial charge in [0, 0.05) is 5.39 Å². The lowest BCUT2D eigenvalue weighted by Crippen LogP contribution is -1.97. The van der Waals surface area contributed by atoms with Gasteiger partial charge in [-0.25, -0.2) is 15.0 Å². The summed E-state index contributed by atoms with van der Waals surface area (Å²) in [7, 11) is 0. The summed E-state index contributed by atoms with van der Waals surface area (Å²) in [5.74, 6) is 0.234. The van der Waals surface area contributed by atoms with Gasteiger partial charge in [0.05, 0.1) is 15.8 Å². The third-order valence-electron chi connectivity index (χ3n) is 2.75. The van der Waals surface area contributed by atoms with Crippen molar-refractivity contribution in [3.8, 4) is 6.07 Å². The first-order valence-electron chi connectivity index (χ1n) is 5.02. The number of nitrogen functional groups attached to an aromatic ring is 1. The van der Waals surface area contributed by atoms with Crippen LogP contribution in [-0.2, 0) is 0 Å². The normalized spacial score (nSPS) is 10.9. The summed E-state index contributed by atoms with van der Waals surface area (Å²) in [6, 6.07) is 2.07. The molecule has 0 aliphatic carbocycles. The molecule has 0 amide bonds. The topological polar surface area (TPSA) is 88.5 Å². The van der Waals surface area contributed by atoms with Crippen molar-refractivity contribution in [2.45, 2.75) is 6.92 Å². The molecule has 0 bridgehead atoms. The van der Waals surface area contributed by atoms with E-state index in [1.807, 2.05) is 6.92 Å². The highest BCUT2D eigenvalue weighted by Gasteiger charge is 2.17. The monoisotopic (exact) mass is 275 g/mol. The maximum atomic E-state index is 9.10. The van der Waals surface area contributed by atoms with E-state index in [0.29, 0.717) is 10.7 Å². The van der Waals surface area contributed by atoms with Crippen molar-refractivity contribution in [1.82, 2.24) is 15.0 Å². The summed E-state index contributed by atoms with van der Waals surface area (Å²) in [6.07, 6.45) is 1.40. The first kappa shape index (κ1) is 11.1. The SMILES string of the molecule is Cc1c(C#N)c(N)nc2sc3c(Cl)ncnc3c12. The number of halogens is 1. The molecule has 0 fully saturated rings. The van der Waals surface area contributed by atoms with E-state index in [1.165, 1.54) is 17.7 Å². The summed E-state index contributed by atoms with van der Waals surface area (Å²) >= 11 is 7.41. The van der Waals surface area contributed by atoms with Gasteiger partial charge in [0.25, 0.3) is 0 Å². The van der Waals surface area contributed by atoms with Gasteiger partial charge in [-0.1, -0.05) is 11.6 Å². The van der Waals surface area contributed by atoms with Crippen LogP contribution in [0.5, 0.6) is 0 Å². The van der Waals surface area contributed by atoms with Gasteiger partial charge in [0.1, 0.15) is 28.2 Å². The number of nitriles is 1. The molecule has 0 saturated carbocycles. The molecule has 0 unspecified atom stereocenters. The Kier molecular flexibility index (Phi) is 2.33. The van der Waals surface area contributed by atoms with E-state index in [4.69, 9.17) is 22.6 Å². The molecular weight excluding hydrogens is 270 g/mol. The zero-order valence-corrected chi connectivity index (χ0v) is 10.8. The van der Waals surface area contributed by atoms with Crippen LogP contribution in [0.1, 0.15) is 11.1 Å². The Hall–Kier alpha value is -1.97. The fraction of sp³-hybridized carbons (Fsp3) is 0.0909. The molecule has 5 nitrogen and oxygen atoms in total. The number of aromatic nitrogens is 3.